The fourth-order valence-corrected chi connectivity index (χ4v) is 4.79. The minimum Gasteiger partial charge on any atom is -0.425 e. The van der Waals surface area contributed by atoms with Crippen LogP contribution in [-0.4, -0.2) is 70.3 Å². The molecule has 244 valence electrons. The van der Waals surface area contributed by atoms with E-state index in [0.717, 1.165) is 28.2 Å². The van der Waals surface area contributed by atoms with Gasteiger partial charge in [0.25, 0.3) is 5.91 Å². The van der Waals surface area contributed by atoms with Gasteiger partial charge in [-0.3, -0.25) is 14.6 Å². The highest BCUT2D eigenvalue weighted by atomic mass is 16.7. The zero-order valence-electron chi connectivity index (χ0n) is 27.2. The number of carbonyl (C=O) groups is 3. The van der Waals surface area contributed by atoms with E-state index in [1.54, 1.807) is 56.4 Å². The van der Waals surface area contributed by atoms with Gasteiger partial charge in [-0.2, -0.15) is 0 Å². The first-order valence-electron chi connectivity index (χ1n) is 15.4. The highest BCUT2D eigenvalue weighted by Crippen LogP contribution is 2.24. The van der Waals surface area contributed by atoms with Crippen LogP contribution < -0.4 is 15.5 Å². The predicted octanol–water partition coefficient (Wildman–Crippen LogP) is 6.04. The molecule has 2 N–H and O–H groups in total. The lowest BCUT2D eigenvalue weighted by molar-refractivity contribution is -0.175. The van der Waals surface area contributed by atoms with Crippen molar-refractivity contribution in [1.82, 2.24) is 19.9 Å². The van der Waals surface area contributed by atoms with Crippen LogP contribution in [-0.2, 0) is 14.3 Å². The Bertz CT molecular complexity index is 1720. The smallest absolute Gasteiger partial charge is 0.412 e. The third kappa shape index (κ3) is 8.60. The van der Waals surface area contributed by atoms with Gasteiger partial charge in [0.1, 0.15) is 0 Å². The Morgan fingerprint density at radius 3 is 2.34 bits per heavy atom. The van der Waals surface area contributed by atoms with Gasteiger partial charge < -0.3 is 29.9 Å². The summed E-state index contributed by atoms with van der Waals surface area (Å²) in [5.74, 6) is -0.269. The van der Waals surface area contributed by atoms with Crippen molar-refractivity contribution in [2.24, 2.45) is 5.41 Å². The van der Waals surface area contributed by atoms with Crippen LogP contribution in [0, 0.1) is 12.3 Å². The molecule has 0 radical (unpaired) electrons. The van der Waals surface area contributed by atoms with E-state index in [-0.39, 0.29) is 5.91 Å². The summed E-state index contributed by atoms with van der Waals surface area (Å²) in [6, 6.07) is 18.6. The number of aryl methyl sites for hydroxylation is 1. The van der Waals surface area contributed by atoms with Crippen molar-refractivity contribution in [3.8, 4) is 11.3 Å². The van der Waals surface area contributed by atoms with Crippen molar-refractivity contribution in [3.05, 3.63) is 90.4 Å². The quantitative estimate of drug-likeness (QED) is 0.174. The third-order valence-corrected chi connectivity index (χ3v) is 7.54. The van der Waals surface area contributed by atoms with Gasteiger partial charge in [0.15, 0.2) is 0 Å². The van der Waals surface area contributed by atoms with Gasteiger partial charge in [-0.15, -0.1) is 0 Å². The van der Waals surface area contributed by atoms with Gasteiger partial charge in [-0.1, -0.05) is 6.07 Å². The second-order valence-electron chi connectivity index (χ2n) is 12.2. The molecule has 1 saturated heterocycles. The number of hydrogen-bond acceptors (Lipinski definition) is 10. The van der Waals surface area contributed by atoms with Crippen molar-refractivity contribution >= 4 is 41.0 Å². The van der Waals surface area contributed by atoms with Gasteiger partial charge in [0.05, 0.1) is 11.1 Å². The van der Waals surface area contributed by atoms with Crippen molar-refractivity contribution in [1.29, 1.82) is 0 Å². The van der Waals surface area contributed by atoms with E-state index in [0.29, 0.717) is 43.4 Å². The van der Waals surface area contributed by atoms with Crippen LogP contribution in [0.15, 0.2) is 79.3 Å². The number of pyridine rings is 1. The maximum atomic E-state index is 13.2. The summed E-state index contributed by atoms with van der Waals surface area (Å²) >= 11 is 0. The van der Waals surface area contributed by atoms with Gasteiger partial charge in [0.2, 0.25) is 12.2 Å². The molecular weight excluding hydrogens is 598 g/mol. The summed E-state index contributed by atoms with van der Waals surface area (Å²) in [4.78, 5) is 54.7. The lowest BCUT2D eigenvalue weighted by Gasteiger charge is -2.36. The first-order valence-corrected chi connectivity index (χ1v) is 15.4. The summed E-state index contributed by atoms with van der Waals surface area (Å²) in [5, 5.41) is 6.20. The number of benzene rings is 2. The molecule has 12 nitrogen and oxygen atoms in total. The Labute approximate surface area is 274 Å². The zero-order valence-corrected chi connectivity index (χ0v) is 27.2. The van der Waals surface area contributed by atoms with Gasteiger partial charge in [-0.25, -0.2) is 14.8 Å². The second-order valence-corrected chi connectivity index (χ2v) is 12.2. The van der Waals surface area contributed by atoms with E-state index in [4.69, 9.17) is 9.47 Å². The normalized spacial score (nSPS) is 13.8. The van der Waals surface area contributed by atoms with Crippen molar-refractivity contribution in [2.75, 3.05) is 41.7 Å². The number of esters is 1. The van der Waals surface area contributed by atoms with Crippen LogP contribution in [0.2, 0.25) is 0 Å². The molecule has 1 aliphatic rings. The van der Waals surface area contributed by atoms with Crippen molar-refractivity contribution in [3.63, 3.8) is 0 Å². The molecule has 4 aromatic rings. The predicted molar refractivity (Wildman–Crippen MR) is 179 cm³/mol. The standard InChI is InChI=1S/C35H39N7O5/c1-23-8-9-25(21-30(23)40-33-37-16-14-29(39-33)26-7-6-15-36-22-26)31(43)38-27-10-12-28(13-11-27)41-17-19-42(20-18-41)34(45)47-24(2)46-32(44)35(3,4)5/h6-16,21-22,24H,17-20H2,1-5H3,(H,38,43)(H,37,39,40). The molecule has 5 rings (SSSR count). The molecule has 0 aliphatic carbocycles. The zero-order chi connectivity index (χ0) is 33.6. The first kappa shape index (κ1) is 32.9. The van der Waals surface area contributed by atoms with E-state index in [9.17, 15) is 14.4 Å². The van der Waals surface area contributed by atoms with E-state index >= 15 is 0 Å². The maximum Gasteiger partial charge on any atom is 0.412 e. The Morgan fingerprint density at radius 2 is 1.66 bits per heavy atom. The number of nitrogens with zero attached hydrogens (tertiary/aromatic N) is 5. The number of rotatable bonds is 8. The number of hydrogen-bond donors (Lipinski definition) is 2. The van der Waals surface area contributed by atoms with Crippen LogP contribution >= 0.6 is 0 Å². The molecule has 1 fully saturated rings. The largest absolute Gasteiger partial charge is 0.425 e. The Morgan fingerprint density at radius 1 is 0.915 bits per heavy atom. The number of anilines is 4. The molecule has 3 heterocycles. The van der Waals surface area contributed by atoms with E-state index in [2.05, 4.69) is 30.5 Å². The second kappa shape index (κ2) is 14.3. The first-order chi connectivity index (χ1) is 22.5. The SMILES string of the molecule is Cc1ccc(C(=O)Nc2ccc(N3CCN(C(=O)OC(C)OC(=O)C(C)(C)C)CC3)cc2)cc1Nc1nccc(-c2cccnc2)n1. The van der Waals surface area contributed by atoms with Crippen LogP contribution in [0.3, 0.4) is 0 Å². The van der Waals surface area contributed by atoms with Gasteiger partial charge >= 0.3 is 12.1 Å². The molecule has 1 atom stereocenters. The highest BCUT2D eigenvalue weighted by Gasteiger charge is 2.28. The molecule has 1 aliphatic heterocycles. The number of ether oxygens (including phenoxy) is 2. The number of piperazine rings is 1. The molecular formula is C35H39N7O5. The van der Waals surface area contributed by atoms with Gasteiger partial charge in [0, 0.05) is 79.9 Å². The van der Waals surface area contributed by atoms with Crippen molar-refractivity contribution in [2.45, 2.75) is 40.9 Å². The molecule has 0 saturated carbocycles. The molecule has 2 aromatic heterocycles. The topological polar surface area (TPSA) is 139 Å². The van der Waals surface area contributed by atoms with Crippen LogP contribution in [0.4, 0.5) is 27.8 Å². The van der Waals surface area contributed by atoms with Gasteiger partial charge in [-0.05, 0) is 87.9 Å². The van der Waals surface area contributed by atoms with Crippen molar-refractivity contribution < 1.29 is 23.9 Å². The number of carbonyl (C=O) groups excluding carboxylic acids is 3. The Hall–Kier alpha value is -5.52. The third-order valence-electron chi connectivity index (χ3n) is 7.54. The van der Waals surface area contributed by atoms with Crippen LogP contribution in [0.5, 0.6) is 0 Å². The average Bonchev–Trinajstić information content (AvgIpc) is 3.06. The summed E-state index contributed by atoms with van der Waals surface area (Å²) in [5.41, 5.74) is 4.70. The molecule has 0 spiro atoms. The van der Waals surface area contributed by atoms with E-state index in [1.165, 1.54) is 6.92 Å². The molecule has 1 unspecified atom stereocenters. The van der Waals surface area contributed by atoms with E-state index in [1.807, 2.05) is 55.5 Å². The monoisotopic (exact) mass is 637 g/mol. The molecule has 47 heavy (non-hydrogen) atoms. The average molecular weight is 638 g/mol. The maximum absolute atomic E-state index is 13.2. The Kier molecular flexibility index (Phi) is 9.98. The molecule has 2 amide bonds. The van der Waals surface area contributed by atoms with Crippen LogP contribution in [0.1, 0.15) is 43.6 Å². The summed E-state index contributed by atoms with van der Waals surface area (Å²) < 4.78 is 10.6. The lowest BCUT2D eigenvalue weighted by Crippen LogP contribution is -2.49. The molecule has 2 aromatic carbocycles. The summed E-state index contributed by atoms with van der Waals surface area (Å²) in [6.07, 6.45) is 3.64. The Balaban J connectivity index is 1.14. The minimum absolute atomic E-state index is 0.250. The van der Waals surface area contributed by atoms with E-state index < -0.39 is 23.8 Å². The number of aromatic nitrogens is 3. The molecule has 0 bridgehead atoms. The number of nitrogens with one attached hydrogen (secondary N) is 2. The minimum atomic E-state index is -0.971. The van der Waals surface area contributed by atoms with Crippen LogP contribution in [0.25, 0.3) is 11.3 Å². The number of amides is 2. The summed E-state index contributed by atoms with van der Waals surface area (Å²) in [6.45, 7) is 10.8. The molecule has 12 heteroatoms. The fourth-order valence-electron chi connectivity index (χ4n) is 4.79. The summed E-state index contributed by atoms with van der Waals surface area (Å²) in [7, 11) is 0. The highest BCUT2D eigenvalue weighted by molar-refractivity contribution is 6.05. The lowest BCUT2D eigenvalue weighted by atomic mass is 9.97. The fraction of sp³-hybridized carbons (Fsp3) is 0.314.